The SMILES string of the molecule is CCc1ccc(C(=O)NC(C)C(C)C(=O)O)cc1[N+](=O)[O-]. The molecule has 114 valence electrons. The molecule has 0 aliphatic heterocycles. The number of nitro groups is 1. The Bertz CT molecular complexity index is 570. The smallest absolute Gasteiger partial charge is 0.308 e. The van der Waals surface area contributed by atoms with Gasteiger partial charge >= 0.3 is 5.97 Å². The lowest BCUT2D eigenvalue weighted by atomic mass is 10.0. The van der Waals surface area contributed by atoms with Gasteiger partial charge in [-0.15, -0.1) is 0 Å². The number of aryl methyl sites for hydroxylation is 1. The summed E-state index contributed by atoms with van der Waals surface area (Å²) in [6.07, 6.45) is 0.491. The fraction of sp³-hybridized carbons (Fsp3) is 0.429. The van der Waals surface area contributed by atoms with Crippen LogP contribution in [-0.2, 0) is 11.2 Å². The van der Waals surface area contributed by atoms with Crippen LogP contribution in [0.15, 0.2) is 18.2 Å². The number of hydrogen-bond donors (Lipinski definition) is 2. The maximum absolute atomic E-state index is 12.0. The van der Waals surface area contributed by atoms with Crippen LogP contribution < -0.4 is 5.32 Å². The summed E-state index contributed by atoms with van der Waals surface area (Å²) in [6.45, 7) is 4.85. The second-order valence-electron chi connectivity index (χ2n) is 4.84. The summed E-state index contributed by atoms with van der Waals surface area (Å²) in [5.41, 5.74) is 0.580. The van der Waals surface area contributed by atoms with Gasteiger partial charge in [0.15, 0.2) is 0 Å². The van der Waals surface area contributed by atoms with Crippen LogP contribution in [0.5, 0.6) is 0 Å². The molecule has 0 saturated carbocycles. The lowest BCUT2D eigenvalue weighted by molar-refractivity contribution is -0.385. The fourth-order valence-electron chi connectivity index (χ4n) is 1.80. The molecular formula is C14H18N2O5. The summed E-state index contributed by atoms with van der Waals surface area (Å²) < 4.78 is 0. The average molecular weight is 294 g/mol. The predicted molar refractivity (Wildman–Crippen MR) is 76.2 cm³/mol. The molecule has 1 amide bonds. The van der Waals surface area contributed by atoms with Gasteiger partial charge in [-0.2, -0.15) is 0 Å². The second-order valence-corrected chi connectivity index (χ2v) is 4.84. The molecule has 0 fully saturated rings. The zero-order chi connectivity index (χ0) is 16.2. The molecule has 1 aromatic rings. The molecule has 0 heterocycles. The Morgan fingerprint density at radius 1 is 1.38 bits per heavy atom. The lowest BCUT2D eigenvalue weighted by Gasteiger charge is -2.17. The van der Waals surface area contributed by atoms with E-state index in [0.717, 1.165) is 0 Å². The summed E-state index contributed by atoms with van der Waals surface area (Å²) in [7, 11) is 0. The largest absolute Gasteiger partial charge is 0.481 e. The maximum Gasteiger partial charge on any atom is 0.308 e. The van der Waals surface area contributed by atoms with E-state index in [2.05, 4.69) is 5.32 Å². The van der Waals surface area contributed by atoms with Crippen LogP contribution in [-0.4, -0.2) is 27.9 Å². The zero-order valence-electron chi connectivity index (χ0n) is 12.1. The highest BCUT2D eigenvalue weighted by Gasteiger charge is 2.23. The quantitative estimate of drug-likeness (QED) is 0.616. The topological polar surface area (TPSA) is 110 Å². The van der Waals surface area contributed by atoms with E-state index in [1.165, 1.54) is 19.1 Å². The van der Waals surface area contributed by atoms with Crippen LogP contribution >= 0.6 is 0 Å². The summed E-state index contributed by atoms with van der Waals surface area (Å²) in [6, 6.07) is 3.67. The number of amides is 1. The van der Waals surface area contributed by atoms with Gasteiger partial charge in [0.2, 0.25) is 0 Å². The Morgan fingerprint density at radius 3 is 2.48 bits per heavy atom. The Labute approximate surface area is 122 Å². The Balaban J connectivity index is 2.96. The number of carboxylic acids is 1. The van der Waals surface area contributed by atoms with Crippen LogP contribution in [0.2, 0.25) is 0 Å². The van der Waals surface area contributed by atoms with E-state index in [9.17, 15) is 19.7 Å². The molecule has 1 aromatic carbocycles. The van der Waals surface area contributed by atoms with Gasteiger partial charge in [-0.3, -0.25) is 19.7 Å². The van der Waals surface area contributed by atoms with E-state index < -0.39 is 28.8 Å². The van der Waals surface area contributed by atoms with Gasteiger partial charge < -0.3 is 10.4 Å². The van der Waals surface area contributed by atoms with E-state index in [1.54, 1.807) is 19.9 Å². The van der Waals surface area contributed by atoms with Crippen LogP contribution in [0, 0.1) is 16.0 Å². The van der Waals surface area contributed by atoms with Crippen molar-refractivity contribution >= 4 is 17.6 Å². The Morgan fingerprint density at radius 2 is 2.00 bits per heavy atom. The third-order valence-corrected chi connectivity index (χ3v) is 3.42. The third-order valence-electron chi connectivity index (χ3n) is 3.42. The highest BCUT2D eigenvalue weighted by Crippen LogP contribution is 2.21. The van der Waals surface area contributed by atoms with E-state index in [4.69, 9.17) is 5.11 Å². The molecule has 2 atom stereocenters. The second kappa shape index (κ2) is 6.83. The Kier molecular flexibility index (Phi) is 5.40. The van der Waals surface area contributed by atoms with Gasteiger partial charge in [0.05, 0.1) is 10.8 Å². The lowest BCUT2D eigenvalue weighted by Crippen LogP contribution is -2.40. The number of nitro benzene ring substituents is 1. The first-order valence-electron chi connectivity index (χ1n) is 6.58. The normalized spacial score (nSPS) is 13.3. The maximum atomic E-state index is 12.0. The molecule has 1 rings (SSSR count). The van der Waals surface area contributed by atoms with E-state index >= 15 is 0 Å². The monoisotopic (exact) mass is 294 g/mol. The molecule has 0 spiro atoms. The van der Waals surface area contributed by atoms with Crippen molar-refractivity contribution in [2.75, 3.05) is 0 Å². The van der Waals surface area contributed by atoms with Crippen LogP contribution in [0.3, 0.4) is 0 Å². The third kappa shape index (κ3) is 4.01. The van der Waals surface area contributed by atoms with Crippen LogP contribution in [0.1, 0.15) is 36.7 Å². The fourth-order valence-corrected chi connectivity index (χ4v) is 1.80. The summed E-state index contributed by atoms with van der Waals surface area (Å²) >= 11 is 0. The van der Waals surface area contributed by atoms with Gasteiger partial charge in [-0.05, 0) is 26.3 Å². The van der Waals surface area contributed by atoms with Crippen molar-refractivity contribution in [1.29, 1.82) is 0 Å². The van der Waals surface area contributed by atoms with Crippen LogP contribution in [0.4, 0.5) is 5.69 Å². The molecule has 21 heavy (non-hydrogen) atoms. The molecule has 0 bridgehead atoms. The number of carbonyl (C=O) groups is 2. The van der Waals surface area contributed by atoms with Crippen LogP contribution in [0.25, 0.3) is 0 Å². The minimum atomic E-state index is -1.02. The number of benzene rings is 1. The highest BCUT2D eigenvalue weighted by atomic mass is 16.6. The number of rotatable bonds is 6. The first kappa shape index (κ1) is 16.6. The van der Waals surface area contributed by atoms with E-state index in [0.29, 0.717) is 12.0 Å². The van der Waals surface area contributed by atoms with E-state index in [1.807, 2.05) is 0 Å². The minimum Gasteiger partial charge on any atom is -0.481 e. The van der Waals surface area contributed by atoms with Crippen molar-refractivity contribution in [2.45, 2.75) is 33.2 Å². The van der Waals surface area contributed by atoms with Gasteiger partial charge in [-0.25, -0.2) is 0 Å². The van der Waals surface area contributed by atoms with Crippen molar-refractivity contribution in [3.63, 3.8) is 0 Å². The first-order chi connectivity index (χ1) is 9.77. The predicted octanol–water partition coefficient (Wildman–Crippen LogP) is 2.00. The van der Waals surface area contributed by atoms with Gasteiger partial charge in [-0.1, -0.05) is 13.0 Å². The highest BCUT2D eigenvalue weighted by molar-refractivity contribution is 5.95. The molecular weight excluding hydrogens is 276 g/mol. The van der Waals surface area contributed by atoms with Gasteiger partial charge in [0.1, 0.15) is 0 Å². The average Bonchev–Trinajstić information content (AvgIpc) is 2.45. The van der Waals surface area contributed by atoms with Crippen molar-refractivity contribution in [2.24, 2.45) is 5.92 Å². The minimum absolute atomic E-state index is 0.107. The van der Waals surface area contributed by atoms with Crippen molar-refractivity contribution in [3.8, 4) is 0 Å². The van der Waals surface area contributed by atoms with Gasteiger partial charge in [0, 0.05) is 23.2 Å². The summed E-state index contributed by atoms with van der Waals surface area (Å²) in [5.74, 6) is -2.30. The van der Waals surface area contributed by atoms with Crippen molar-refractivity contribution < 1.29 is 19.6 Å². The number of nitrogens with zero attached hydrogens (tertiary/aromatic N) is 1. The molecule has 2 N–H and O–H groups in total. The number of nitrogens with one attached hydrogen (secondary N) is 1. The molecule has 7 heteroatoms. The molecule has 0 aliphatic rings. The number of carbonyl (C=O) groups excluding carboxylic acids is 1. The zero-order valence-corrected chi connectivity index (χ0v) is 12.1. The first-order valence-corrected chi connectivity index (χ1v) is 6.58. The molecule has 7 nitrogen and oxygen atoms in total. The van der Waals surface area contributed by atoms with Crippen molar-refractivity contribution in [3.05, 3.63) is 39.4 Å². The molecule has 0 aliphatic carbocycles. The summed E-state index contributed by atoms with van der Waals surface area (Å²) in [5, 5.41) is 22.4. The van der Waals surface area contributed by atoms with Gasteiger partial charge in [0.25, 0.3) is 11.6 Å². The Hall–Kier alpha value is -2.44. The number of aliphatic carboxylic acids is 1. The molecule has 0 aromatic heterocycles. The molecule has 2 unspecified atom stereocenters. The number of carboxylic acid groups (broad SMARTS) is 1. The van der Waals surface area contributed by atoms with Crippen molar-refractivity contribution in [1.82, 2.24) is 5.32 Å². The molecule has 0 saturated heterocycles. The standard InChI is InChI=1S/C14H18N2O5/c1-4-10-5-6-11(7-12(10)16(20)21)13(17)15-9(3)8(2)14(18)19/h5-9H,4H2,1-3H3,(H,15,17)(H,18,19). The van der Waals surface area contributed by atoms with E-state index in [-0.39, 0.29) is 11.3 Å². The summed E-state index contributed by atoms with van der Waals surface area (Å²) in [4.78, 5) is 33.3. The molecule has 0 radical (unpaired) electrons. The number of hydrogen-bond acceptors (Lipinski definition) is 4.